The van der Waals surface area contributed by atoms with Crippen molar-refractivity contribution in [3.63, 3.8) is 0 Å². The number of hydrogen-bond donors (Lipinski definition) is 5. The van der Waals surface area contributed by atoms with E-state index in [0.717, 1.165) is 19.3 Å². The Balaban J connectivity index is 5.01. The van der Waals surface area contributed by atoms with Crippen molar-refractivity contribution < 1.29 is 19.4 Å². The number of nitrogens with one attached hydrogen (secondary N) is 1. The second-order valence-corrected chi connectivity index (χ2v) is 7.82. The molecule has 0 aromatic rings. The van der Waals surface area contributed by atoms with Crippen LogP contribution < -0.4 is 16.8 Å². The summed E-state index contributed by atoms with van der Waals surface area (Å²) in [6.07, 6.45) is 2.64. The molecule has 0 saturated heterocycles. The van der Waals surface area contributed by atoms with Gasteiger partial charge in [0.05, 0.1) is 0 Å². The zero-order chi connectivity index (χ0) is 21.0. The number of carbonyl (C=O) groups excluding carboxylic acids is 2. The lowest BCUT2D eigenvalue weighted by atomic mass is 9.86. The van der Waals surface area contributed by atoms with Crippen LogP contribution in [0.5, 0.6) is 0 Å². The zero-order valence-corrected chi connectivity index (χ0v) is 18.1. The van der Waals surface area contributed by atoms with Crippen LogP contribution >= 0.6 is 12.6 Å². The number of nitrogens with two attached hydrogens (primary N) is 2. The Morgan fingerprint density at radius 3 is 2.19 bits per heavy atom. The van der Waals surface area contributed by atoms with E-state index in [-0.39, 0.29) is 25.0 Å². The summed E-state index contributed by atoms with van der Waals surface area (Å²) in [6.45, 7) is 8.59. The van der Waals surface area contributed by atoms with Gasteiger partial charge >= 0.3 is 11.9 Å². The molecular weight excluding hydrogens is 366 g/mol. The molecule has 6 N–H and O–H groups in total. The SMILES string of the molecule is CCC(C)C(CN[C@H](C(=O)OC(=O)[C@@H](N)CCO)[C@@H](C)CC)C[C@@H](N)CS. The number of carbonyl (C=O) groups is 2. The molecule has 0 aliphatic heterocycles. The molecule has 0 aromatic carbocycles. The number of aliphatic hydroxyl groups excluding tert-OH is 1. The first-order valence-electron chi connectivity index (χ1n) is 9.93. The molecule has 0 fully saturated rings. The van der Waals surface area contributed by atoms with Gasteiger partial charge in [0.1, 0.15) is 12.1 Å². The summed E-state index contributed by atoms with van der Waals surface area (Å²) >= 11 is 4.26. The van der Waals surface area contributed by atoms with Crippen LogP contribution in [0.15, 0.2) is 0 Å². The number of rotatable bonds is 14. The fourth-order valence-corrected chi connectivity index (χ4v) is 2.99. The van der Waals surface area contributed by atoms with Crippen LogP contribution in [-0.4, -0.2) is 54.1 Å². The summed E-state index contributed by atoms with van der Waals surface area (Å²) in [5.41, 5.74) is 11.7. The lowest BCUT2D eigenvalue weighted by Crippen LogP contribution is -2.48. The molecule has 0 aromatic heterocycles. The van der Waals surface area contributed by atoms with Gasteiger partial charge in [0.25, 0.3) is 0 Å². The molecule has 0 amide bonds. The zero-order valence-electron chi connectivity index (χ0n) is 17.2. The van der Waals surface area contributed by atoms with Gasteiger partial charge < -0.3 is 26.6 Å². The Morgan fingerprint density at radius 1 is 1.11 bits per heavy atom. The van der Waals surface area contributed by atoms with E-state index in [9.17, 15) is 9.59 Å². The number of hydrogen-bond acceptors (Lipinski definition) is 8. The van der Waals surface area contributed by atoms with Crippen molar-refractivity contribution in [2.45, 2.75) is 71.5 Å². The Labute approximate surface area is 169 Å². The Kier molecular flexibility index (Phi) is 14.0. The molecule has 2 unspecified atom stereocenters. The van der Waals surface area contributed by atoms with E-state index < -0.39 is 24.0 Å². The smallest absolute Gasteiger partial charge is 0.331 e. The van der Waals surface area contributed by atoms with Gasteiger partial charge in [0, 0.05) is 18.4 Å². The maximum atomic E-state index is 12.5. The molecule has 0 radical (unpaired) electrons. The first-order chi connectivity index (χ1) is 12.7. The van der Waals surface area contributed by atoms with Gasteiger partial charge in [0.15, 0.2) is 0 Å². The molecule has 0 saturated carbocycles. The largest absolute Gasteiger partial charge is 0.396 e. The molecule has 27 heavy (non-hydrogen) atoms. The van der Waals surface area contributed by atoms with E-state index in [0.29, 0.717) is 24.1 Å². The number of aliphatic hydroxyl groups is 1. The normalized spacial score (nSPS) is 18.2. The number of esters is 2. The van der Waals surface area contributed by atoms with Crippen LogP contribution in [0.4, 0.5) is 0 Å². The second kappa shape index (κ2) is 14.3. The molecule has 0 rings (SSSR count). The van der Waals surface area contributed by atoms with Crippen LogP contribution in [0.25, 0.3) is 0 Å². The average Bonchev–Trinajstić information content (AvgIpc) is 2.65. The van der Waals surface area contributed by atoms with E-state index in [4.69, 9.17) is 21.3 Å². The van der Waals surface area contributed by atoms with Gasteiger partial charge in [-0.2, -0.15) is 12.6 Å². The summed E-state index contributed by atoms with van der Waals surface area (Å²) in [4.78, 5) is 24.4. The van der Waals surface area contributed by atoms with E-state index >= 15 is 0 Å². The van der Waals surface area contributed by atoms with Gasteiger partial charge in [-0.15, -0.1) is 0 Å². The standard InChI is InChI=1S/C19H39N3O4S/c1-5-12(3)14(9-15(20)11-27)10-22-17(13(4)6-2)19(25)26-18(24)16(21)7-8-23/h12-17,22-23,27H,5-11,20-21H2,1-4H3/t12?,13-,14?,15+,16-,17-/m0/s1. The quantitative estimate of drug-likeness (QED) is 0.166. The van der Waals surface area contributed by atoms with Crippen molar-refractivity contribution in [2.75, 3.05) is 18.9 Å². The monoisotopic (exact) mass is 405 g/mol. The van der Waals surface area contributed by atoms with Crippen LogP contribution in [0.2, 0.25) is 0 Å². The van der Waals surface area contributed by atoms with Gasteiger partial charge in [-0.1, -0.05) is 40.5 Å². The highest BCUT2D eigenvalue weighted by atomic mass is 32.1. The summed E-state index contributed by atoms with van der Waals surface area (Å²) in [5.74, 6) is -0.0825. The lowest BCUT2D eigenvalue weighted by molar-refractivity contribution is -0.163. The van der Waals surface area contributed by atoms with Crippen molar-refractivity contribution in [2.24, 2.45) is 29.2 Å². The molecule has 160 valence electrons. The van der Waals surface area contributed by atoms with Gasteiger partial charge in [0.2, 0.25) is 0 Å². The van der Waals surface area contributed by atoms with E-state index in [2.05, 4.69) is 31.8 Å². The third-order valence-corrected chi connectivity index (χ3v) is 5.77. The Morgan fingerprint density at radius 2 is 1.70 bits per heavy atom. The third-order valence-electron chi connectivity index (χ3n) is 5.30. The minimum atomic E-state index is -1.00. The highest BCUT2D eigenvalue weighted by Crippen LogP contribution is 2.21. The van der Waals surface area contributed by atoms with E-state index in [1.807, 2.05) is 13.8 Å². The number of ether oxygens (including phenoxy) is 1. The fraction of sp³-hybridized carbons (Fsp3) is 0.895. The van der Waals surface area contributed by atoms with Crippen LogP contribution in [0.3, 0.4) is 0 Å². The van der Waals surface area contributed by atoms with Crippen molar-refractivity contribution in [3.8, 4) is 0 Å². The molecule has 8 heteroatoms. The highest BCUT2D eigenvalue weighted by Gasteiger charge is 2.30. The minimum absolute atomic E-state index is 0.00110. The maximum absolute atomic E-state index is 12.5. The summed E-state index contributed by atoms with van der Waals surface area (Å²) in [5, 5.41) is 12.2. The highest BCUT2D eigenvalue weighted by molar-refractivity contribution is 7.80. The van der Waals surface area contributed by atoms with Crippen LogP contribution in [0.1, 0.15) is 53.4 Å². The summed E-state index contributed by atoms with van der Waals surface area (Å²) < 4.78 is 4.96. The van der Waals surface area contributed by atoms with E-state index in [1.54, 1.807) is 0 Å². The van der Waals surface area contributed by atoms with Crippen LogP contribution in [0, 0.1) is 17.8 Å². The first-order valence-corrected chi connectivity index (χ1v) is 10.6. The van der Waals surface area contributed by atoms with Crippen molar-refractivity contribution >= 4 is 24.6 Å². The molecule has 6 atom stereocenters. The van der Waals surface area contributed by atoms with Gasteiger partial charge in [-0.05, 0) is 37.1 Å². The molecular formula is C19H39N3O4S. The predicted molar refractivity (Wildman–Crippen MR) is 111 cm³/mol. The van der Waals surface area contributed by atoms with Crippen molar-refractivity contribution in [1.29, 1.82) is 0 Å². The molecule has 0 aliphatic rings. The molecule has 0 aliphatic carbocycles. The lowest BCUT2D eigenvalue weighted by Gasteiger charge is -2.29. The second-order valence-electron chi connectivity index (χ2n) is 7.45. The Bertz CT molecular complexity index is 439. The maximum Gasteiger partial charge on any atom is 0.331 e. The van der Waals surface area contributed by atoms with Gasteiger partial charge in [-0.25, -0.2) is 9.59 Å². The van der Waals surface area contributed by atoms with Gasteiger partial charge in [-0.3, -0.25) is 0 Å². The molecule has 0 heterocycles. The summed E-state index contributed by atoms with van der Waals surface area (Å²) in [6, 6.07) is -1.60. The molecule has 7 nitrogen and oxygen atoms in total. The van der Waals surface area contributed by atoms with Crippen LogP contribution in [-0.2, 0) is 14.3 Å². The molecule has 0 bridgehead atoms. The average molecular weight is 406 g/mol. The van der Waals surface area contributed by atoms with Crippen molar-refractivity contribution in [3.05, 3.63) is 0 Å². The number of thiol groups is 1. The molecule has 0 spiro atoms. The van der Waals surface area contributed by atoms with E-state index in [1.165, 1.54) is 0 Å². The summed E-state index contributed by atoms with van der Waals surface area (Å²) in [7, 11) is 0. The topological polar surface area (TPSA) is 128 Å². The minimum Gasteiger partial charge on any atom is -0.396 e. The predicted octanol–water partition coefficient (Wildman–Crippen LogP) is 1.08. The fourth-order valence-electron chi connectivity index (χ4n) is 2.84. The Hall–Kier alpha value is -0.670. The first kappa shape index (κ1) is 26.3. The third kappa shape index (κ3) is 9.89. The van der Waals surface area contributed by atoms with Crippen molar-refractivity contribution in [1.82, 2.24) is 5.32 Å².